The second kappa shape index (κ2) is 8.07. The number of aliphatic carboxylic acids is 2. The Kier molecular flexibility index (Phi) is 5.86. The van der Waals surface area contributed by atoms with Crippen LogP contribution in [0.1, 0.15) is 6.92 Å². The highest BCUT2D eigenvalue weighted by atomic mass is 16.4. The first-order valence-corrected chi connectivity index (χ1v) is 7.60. The van der Waals surface area contributed by atoms with Crippen LogP contribution in [0.2, 0.25) is 0 Å². The van der Waals surface area contributed by atoms with Crippen LogP contribution in [-0.2, 0) is 16.1 Å². The molecule has 3 rings (SSSR count). The van der Waals surface area contributed by atoms with Gasteiger partial charge in [-0.25, -0.2) is 9.59 Å². The van der Waals surface area contributed by atoms with E-state index in [9.17, 15) is 9.59 Å². The highest BCUT2D eigenvalue weighted by molar-refractivity contribution is 6.04. The molecule has 2 aromatic heterocycles. The minimum absolute atomic E-state index is 0.150. The van der Waals surface area contributed by atoms with Crippen LogP contribution in [0.3, 0.4) is 0 Å². The van der Waals surface area contributed by atoms with Gasteiger partial charge in [0.15, 0.2) is 0 Å². The number of nitrogens with zero attached hydrogens (tertiary/aromatic N) is 2. The van der Waals surface area contributed by atoms with Gasteiger partial charge in [-0.3, -0.25) is 4.98 Å². The lowest BCUT2D eigenvalue weighted by Gasteiger charge is -2.10. The maximum Gasteiger partial charge on any atom is 0.328 e. The fraction of sp³-hybridized carbons (Fsp3) is 0.167. The third kappa shape index (κ3) is 4.89. The summed E-state index contributed by atoms with van der Waals surface area (Å²) in [6.45, 7) is 2.85. The van der Waals surface area contributed by atoms with E-state index in [1.165, 1.54) is 16.3 Å². The third-order valence-electron chi connectivity index (χ3n) is 3.36. The van der Waals surface area contributed by atoms with Crippen LogP contribution in [0.25, 0.3) is 21.8 Å². The van der Waals surface area contributed by atoms with Crippen molar-refractivity contribution in [3.8, 4) is 0 Å². The largest absolute Gasteiger partial charge is 0.478 e. The van der Waals surface area contributed by atoms with E-state index in [1.54, 1.807) is 0 Å². The highest BCUT2D eigenvalue weighted by Gasteiger charge is 2.07. The number of hydrogen-bond donors (Lipinski definition) is 3. The number of aromatic nitrogens is 2. The Morgan fingerprint density at radius 3 is 2.48 bits per heavy atom. The Morgan fingerprint density at radius 1 is 1.20 bits per heavy atom. The molecule has 0 aliphatic rings. The van der Waals surface area contributed by atoms with Gasteiger partial charge in [-0.1, -0.05) is 6.07 Å². The molecule has 1 atom stereocenters. The van der Waals surface area contributed by atoms with Gasteiger partial charge in [-0.15, -0.1) is 0 Å². The molecule has 0 fully saturated rings. The molecule has 0 bridgehead atoms. The number of rotatable bonds is 4. The summed E-state index contributed by atoms with van der Waals surface area (Å²) in [6, 6.07) is 10.5. The van der Waals surface area contributed by atoms with Crippen molar-refractivity contribution < 1.29 is 19.8 Å². The number of pyridine rings is 1. The predicted molar refractivity (Wildman–Crippen MR) is 95.3 cm³/mol. The van der Waals surface area contributed by atoms with E-state index in [4.69, 9.17) is 15.9 Å². The normalized spacial score (nSPS) is 12.1. The van der Waals surface area contributed by atoms with Crippen molar-refractivity contribution in [1.82, 2.24) is 9.55 Å². The van der Waals surface area contributed by atoms with E-state index in [2.05, 4.69) is 40.0 Å². The van der Waals surface area contributed by atoms with Crippen LogP contribution in [0.15, 0.2) is 54.9 Å². The lowest BCUT2D eigenvalue weighted by atomic mass is 10.1. The second-order valence-corrected chi connectivity index (χ2v) is 5.53. The average molecular weight is 341 g/mol. The van der Waals surface area contributed by atoms with Gasteiger partial charge in [0.05, 0.1) is 11.0 Å². The van der Waals surface area contributed by atoms with Crippen LogP contribution in [0.4, 0.5) is 0 Å². The number of carbonyl (C=O) groups is 2. The maximum atomic E-state index is 9.55. The van der Waals surface area contributed by atoms with Gasteiger partial charge in [-0.05, 0) is 31.2 Å². The first kappa shape index (κ1) is 18.2. The Morgan fingerprint density at radius 2 is 1.88 bits per heavy atom. The highest BCUT2D eigenvalue weighted by Crippen LogP contribution is 2.25. The van der Waals surface area contributed by atoms with Crippen LogP contribution in [0.5, 0.6) is 0 Å². The minimum Gasteiger partial charge on any atom is -0.478 e. The van der Waals surface area contributed by atoms with Gasteiger partial charge < -0.3 is 20.5 Å². The molecule has 0 saturated heterocycles. The van der Waals surface area contributed by atoms with Crippen LogP contribution in [0, 0.1) is 0 Å². The van der Waals surface area contributed by atoms with Gasteiger partial charge in [0, 0.05) is 47.9 Å². The predicted octanol–water partition coefficient (Wildman–Crippen LogP) is 2.25. The Hall–Kier alpha value is -3.19. The topological polar surface area (TPSA) is 118 Å². The van der Waals surface area contributed by atoms with Crippen LogP contribution < -0.4 is 5.73 Å². The van der Waals surface area contributed by atoms with E-state index in [0.717, 1.165) is 12.1 Å². The Balaban J connectivity index is 0.000000242. The molecular weight excluding hydrogens is 322 g/mol. The molecule has 0 aliphatic carbocycles. The smallest absolute Gasteiger partial charge is 0.328 e. The van der Waals surface area contributed by atoms with Crippen molar-refractivity contribution >= 4 is 33.7 Å². The SMILES string of the molecule is C[C@H](N)Cn1ccc2ccc3ncccc3c21.O=C(O)/C=C/C(=O)O. The molecule has 130 valence electrons. The summed E-state index contributed by atoms with van der Waals surface area (Å²) in [5.74, 6) is -2.51. The lowest BCUT2D eigenvalue weighted by Crippen LogP contribution is -2.21. The standard InChI is InChI=1S/C14H15N3.C4H4O4/c1-10(15)9-17-8-6-11-4-5-13-12(14(11)17)3-2-7-16-13;5-3(6)1-2-4(7)8/h2-8,10H,9,15H2,1H3;1-2H,(H,5,6)(H,7,8)/b;2-1+/t10-;/m0./s1. The zero-order valence-electron chi connectivity index (χ0n) is 13.7. The molecule has 2 heterocycles. The molecule has 3 aromatic rings. The van der Waals surface area contributed by atoms with Gasteiger partial charge in [0.1, 0.15) is 0 Å². The number of carboxylic acid groups (broad SMARTS) is 2. The van der Waals surface area contributed by atoms with Crippen LogP contribution >= 0.6 is 0 Å². The van der Waals surface area contributed by atoms with E-state index >= 15 is 0 Å². The fourth-order valence-corrected chi connectivity index (χ4v) is 2.46. The van der Waals surface area contributed by atoms with Gasteiger partial charge >= 0.3 is 11.9 Å². The zero-order chi connectivity index (χ0) is 18.4. The molecule has 1 aromatic carbocycles. The number of fused-ring (bicyclic) bond motifs is 3. The van der Waals surface area contributed by atoms with Gasteiger partial charge in [-0.2, -0.15) is 0 Å². The molecule has 0 saturated carbocycles. The maximum absolute atomic E-state index is 9.55. The molecule has 7 heteroatoms. The molecule has 25 heavy (non-hydrogen) atoms. The summed E-state index contributed by atoms with van der Waals surface area (Å²) >= 11 is 0. The summed E-state index contributed by atoms with van der Waals surface area (Å²) < 4.78 is 2.21. The van der Waals surface area contributed by atoms with Crippen molar-refractivity contribution in [2.24, 2.45) is 5.73 Å². The minimum atomic E-state index is -1.26. The molecule has 0 spiro atoms. The molecule has 0 aliphatic heterocycles. The summed E-state index contributed by atoms with van der Waals surface area (Å²) in [7, 11) is 0. The Labute approximate surface area is 144 Å². The summed E-state index contributed by atoms with van der Waals surface area (Å²) in [4.78, 5) is 23.5. The zero-order valence-corrected chi connectivity index (χ0v) is 13.7. The molecule has 0 radical (unpaired) electrons. The molecule has 0 amide bonds. The number of carboxylic acids is 2. The summed E-state index contributed by atoms with van der Waals surface area (Å²) in [6.07, 6.45) is 5.04. The van der Waals surface area contributed by atoms with E-state index in [0.29, 0.717) is 12.2 Å². The van der Waals surface area contributed by atoms with Crippen molar-refractivity contribution in [1.29, 1.82) is 0 Å². The third-order valence-corrected chi connectivity index (χ3v) is 3.36. The summed E-state index contributed by atoms with van der Waals surface area (Å²) in [5.41, 5.74) is 8.14. The monoisotopic (exact) mass is 341 g/mol. The molecule has 0 unspecified atom stereocenters. The van der Waals surface area contributed by atoms with Crippen molar-refractivity contribution in [2.45, 2.75) is 19.5 Å². The molecule has 7 nitrogen and oxygen atoms in total. The van der Waals surface area contributed by atoms with Crippen molar-refractivity contribution in [3.63, 3.8) is 0 Å². The number of benzene rings is 1. The quantitative estimate of drug-likeness (QED) is 0.626. The fourth-order valence-electron chi connectivity index (χ4n) is 2.46. The first-order valence-electron chi connectivity index (χ1n) is 7.60. The van der Waals surface area contributed by atoms with E-state index < -0.39 is 11.9 Å². The molecular formula is C18H19N3O4. The lowest BCUT2D eigenvalue weighted by molar-refractivity contribution is -0.134. The molecule has 4 N–H and O–H groups in total. The van der Waals surface area contributed by atoms with Crippen LogP contribution in [-0.4, -0.2) is 37.7 Å². The van der Waals surface area contributed by atoms with E-state index in [1.807, 2.05) is 19.2 Å². The Bertz CT molecular complexity index is 912. The number of nitrogens with two attached hydrogens (primary N) is 1. The van der Waals surface area contributed by atoms with Gasteiger partial charge in [0.2, 0.25) is 0 Å². The summed E-state index contributed by atoms with van der Waals surface area (Å²) in [5, 5.41) is 18.1. The van der Waals surface area contributed by atoms with Gasteiger partial charge in [0.25, 0.3) is 0 Å². The van der Waals surface area contributed by atoms with Crippen molar-refractivity contribution in [3.05, 3.63) is 54.9 Å². The first-order chi connectivity index (χ1) is 11.9. The number of hydrogen-bond acceptors (Lipinski definition) is 4. The average Bonchev–Trinajstić information content (AvgIpc) is 2.96. The van der Waals surface area contributed by atoms with E-state index in [-0.39, 0.29) is 6.04 Å². The van der Waals surface area contributed by atoms with Crippen molar-refractivity contribution in [2.75, 3.05) is 0 Å². The second-order valence-electron chi connectivity index (χ2n) is 5.53.